The number of aromatic nitrogens is 4. The Labute approximate surface area is 191 Å². The summed E-state index contributed by atoms with van der Waals surface area (Å²) in [4.78, 5) is 32.4. The van der Waals surface area contributed by atoms with E-state index in [1.54, 1.807) is 29.7 Å². The Morgan fingerprint density at radius 1 is 1.24 bits per heavy atom. The average molecular weight is 460 g/mol. The molecule has 0 saturated carbocycles. The van der Waals surface area contributed by atoms with Crippen LogP contribution in [0, 0.1) is 12.7 Å². The Morgan fingerprint density at radius 2 is 2.15 bits per heavy atom. The SMILES string of the molecule is Cc1c([C@H]2c3nc[nH]c3CCN2C(=O)c2cnc(-c3ccccn3)s2)oc2ccc(F)cc12. The number of rotatable bonds is 3. The Hall–Kier alpha value is -3.85. The predicted octanol–water partition coefficient (Wildman–Crippen LogP) is 4.91. The summed E-state index contributed by atoms with van der Waals surface area (Å²) in [5, 5.41) is 1.37. The molecule has 5 aromatic rings. The molecule has 1 N–H and O–H groups in total. The smallest absolute Gasteiger partial charge is 0.266 e. The molecule has 164 valence electrons. The van der Waals surface area contributed by atoms with E-state index in [2.05, 4.69) is 19.9 Å². The number of fused-ring (bicyclic) bond motifs is 2. The zero-order valence-corrected chi connectivity index (χ0v) is 18.4. The number of hydrogen-bond acceptors (Lipinski definition) is 6. The fourth-order valence-electron chi connectivity index (χ4n) is 4.36. The van der Waals surface area contributed by atoms with Gasteiger partial charge in [-0.25, -0.2) is 14.4 Å². The Bertz CT molecular complexity index is 1490. The lowest BCUT2D eigenvalue weighted by atomic mass is 9.97. The second-order valence-corrected chi connectivity index (χ2v) is 8.92. The van der Waals surface area contributed by atoms with Gasteiger partial charge in [-0.3, -0.25) is 9.78 Å². The third-order valence-corrected chi connectivity index (χ3v) is 6.98. The van der Waals surface area contributed by atoms with Crippen LogP contribution in [0.1, 0.15) is 38.4 Å². The van der Waals surface area contributed by atoms with E-state index in [4.69, 9.17) is 4.42 Å². The van der Waals surface area contributed by atoms with Gasteiger partial charge in [0.2, 0.25) is 0 Å². The third kappa shape index (κ3) is 3.23. The fraction of sp³-hybridized carbons (Fsp3) is 0.167. The number of aromatic amines is 1. The molecule has 0 bridgehead atoms. The summed E-state index contributed by atoms with van der Waals surface area (Å²) in [6, 6.07) is 9.51. The zero-order valence-electron chi connectivity index (χ0n) is 17.6. The fourth-order valence-corrected chi connectivity index (χ4v) is 5.21. The number of nitrogens with one attached hydrogen (secondary N) is 1. The number of H-pyrrole nitrogens is 1. The maximum atomic E-state index is 13.9. The van der Waals surface area contributed by atoms with Gasteiger partial charge in [0.05, 0.1) is 23.9 Å². The quantitative estimate of drug-likeness (QED) is 0.414. The number of pyridine rings is 1. The lowest BCUT2D eigenvalue weighted by Gasteiger charge is -2.33. The number of thiazole rings is 1. The molecule has 9 heteroatoms. The molecule has 0 saturated heterocycles. The average Bonchev–Trinajstić information content (AvgIpc) is 3.58. The summed E-state index contributed by atoms with van der Waals surface area (Å²) in [6.07, 6.45) is 5.58. The Kier molecular flexibility index (Phi) is 4.58. The van der Waals surface area contributed by atoms with Crippen LogP contribution in [-0.4, -0.2) is 37.3 Å². The molecular formula is C24H18FN5O2S. The summed E-state index contributed by atoms with van der Waals surface area (Å²) in [5.74, 6) is 0.104. The van der Waals surface area contributed by atoms with Crippen molar-refractivity contribution in [3.8, 4) is 10.7 Å². The molecule has 0 spiro atoms. The number of carbonyl (C=O) groups is 1. The van der Waals surface area contributed by atoms with Crippen molar-refractivity contribution in [1.82, 2.24) is 24.8 Å². The van der Waals surface area contributed by atoms with Gasteiger partial charge in [0.1, 0.15) is 33.1 Å². The van der Waals surface area contributed by atoms with E-state index >= 15 is 0 Å². The van der Waals surface area contributed by atoms with Crippen molar-refractivity contribution < 1.29 is 13.6 Å². The highest BCUT2D eigenvalue weighted by molar-refractivity contribution is 7.16. The van der Waals surface area contributed by atoms with E-state index in [0.717, 1.165) is 22.6 Å². The van der Waals surface area contributed by atoms with Crippen LogP contribution < -0.4 is 0 Å². The Morgan fingerprint density at radius 3 is 3.00 bits per heavy atom. The van der Waals surface area contributed by atoms with Crippen LogP contribution in [0.3, 0.4) is 0 Å². The normalized spacial score (nSPS) is 15.7. The largest absolute Gasteiger partial charge is 0.458 e. The van der Waals surface area contributed by atoms with Gasteiger partial charge in [0, 0.05) is 35.8 Å². The monoisotopic (exact) mass is 459 g/mol. The minimum Gasteiger partial charge on any atom is -0.458 e. The first-order valence-electron chi connectivity index (χ1n) is 10.5. The summed E-state index contributed by atoms with van der Waals surface area (Å²) >= 11 is 1.31. The van der Waals surface area contributed by atoms with Gasteiger partial charge < -0.3 is 14.3 Å². The number of amides is 1. The second-order valence-electron chi connectivity index (χ2n) is 7.89. The van der Waals surface area contributed by atoms with Gasteiger partial charge in [-0.05, 0) is 37.3 Å². The van der Waals surface area contributed by atoms with Crippen LogP contribution >= 0.6 is 11.3 Å². The summed E-state index contributed by atoms with van der Waals surface area (Å²) in [7, 11) is 0. The van der Waals surface area contributed by atoms with Crippen molar-refractivity contribution >= 4 is 28.2 Å². The highest BCUT2D eigenvalue weighted by atomic mass is 32.1. The molecule has 1 amide bonds. The van der Waals surface area contributed by atoms with E-state index in [0.29, 0.717) is 39.6 Å². The van der Waals surface area contributed by atoms with Crippen molar-refractivity contribution in [2.75, 3.05) is 6.54 Å². The van der Waals surface area contributed by atoms with Gasteiger partial charge in [-0.2, -0.15) is 0 Å². The first kappa shape index (κ1) is 19.8. The van der Waals surface area contributed by atoms with E-state index in [9.17, 15) is 9.18 Å². The van der Waals surface area contributed by atoms with Crippen molar-refractivity contribution in [3.63, 3.8) is 0 Å². The number of furan rings is 1. The zero-order chi connectivity index (χ0) is 22.5. The van der Waals surface area contributed by atoms with Crippen molar-refractivity contribution in [2.45, 2.75) is 19.4 Å². The number of imidazole rings is 1. The third-order valence-electron chi connectivity index (χ3n) is 5.97. The van der Waals surface area contributed by atoms with E-state index in [1.165, 1.54) is 23.5 Å². The van der Waals surface area contributed by atoms with Crippen LogP contribution in [0.25, 0.3) is 21.7 Å². The first-order chi connectivity index (χ1) is 16.1. The van der Waals surface area contributed by atoms with E-state index in [1.807, 2.05) is 25.1 Å². The minimum absolute atomic E-state index is 0.153. The van der Waals surface area contributed by atoms with Crippen LogP contribution in [-0.2, 0) is 6.42 Å². The molecule has 1 aromatic carbocycles. The van der Waals surface area contributed by atoms with Gasteiger partial charge >= 0.3 is 0 Å². The predicted molar refractivity (Wildman–Crippen MR) is 121 cm³/mol. The summed E-state index contributed by atoms with van der Waals surface area (Å²) in [6.45, 7) is 2.37. The number of nitrogens with zero attached hydrogens (tertiary/aromatic N) is 4. The van der Waals surface area contributed by atoms with Crippen molar-refractivity contribution in [1.29, 1.82) is 0 Å². The van der Waals surface area contributed by atoms with Gasteiger partial charge in [0.25, 0.3) is 5.91 Å². The number of hydrogen-bond donors (Lipinski definition) is 1. The van der Waals surface area contributed by atoms with Crippen molar-refractivity contribution in [3.05, 3.63) is 88.5 Å². The maximum Gasteiger partial charge on any atom is 0.266 e. The molecule has 0 fully saturated rings. The molecule has 0 unspecified atom stereocenters. The minimum atomic E-state index is -0.525. The van der Waals surface area contributed by atoms with Gasteiger partial charge in [-0.15, -0.1) is 11.3 Å². The van der Waals surface area contributed by atoms with E-state index in [-0.39, 0.29) is 11.7 Å². The molecule has 7 nitrogen and oxygen atoms in total. The molecule has 1 aliphatic heterocycles. The Balaban J connectivity index is 1.43. The van der Waals surface area contributed by atoms with Crippen LogP contribution in [0.4, 0.5) is 4.39 Å². The molecule has 5 heterocycles. The molecule has 1 atom stereocenters. The molecular weight excluding hydrogens is 441 g/mol. The summed E-state index contributed by atoms with van der Waals surface area (Å²) < 4.78 is 20.1. The van der Waals surface area contributed by atoms with E-state index < -0.39 is 6.04 Å². The van der Waals surface area contributed by atoms with Crippen LogP contribution in [0.15, 0.2) is 59.5 Å². The van der Waals surface area contributed by atoms with Gasteiger partial charge in [0.15, 0.2) is 0 Å². The number of benzene rings is 1. The topological polar surface area (TPSA) is 87.9 Å². The number of halogens is 1. The highest BCUT2D eigenvalue weighted by Gasteiger charge is 2.38. The summed E-state index contributed by atoms with van der Waals surface area (Å²) in [5.41, 5.74) is 3.80. The lowest BCUT2D eigenvalue weighted by Crippen LogP contribution is -2.40. The standard InChI is InChI=1S/C24H18FN5O2S/c1-13-15-10-14(25)5-6-18(15)32-22(13)21-20-16(28-12-29-20)7-9-30(21)24(31)19-11-27-23(33-19)17-4-2-3-8-26-17/h2-6,8,10-12,21H,7,9H2,1H3,(H,28,29)/t21-/m1/s1. The lowest BCUT2D eigenvalue weighted by molar-refractivity contribution is 0.0677. The number of carbonyl (C=O) groups excluding carboxylic acids is 1. The second kappa shape index (κ2) is 7.63. The number of aryl methyl sites for hydroxylation is 1. The van der Waals surface area contributed by atoms with Crippen LogP contribution in [0.5, 0.6) is 0 Å². The highest BCUT2D eigenvalue weighted by Crippen LogP contribution is 2.40. The molecule has 33 heavy (non-hydrogen) atoms. The molecule has 0 radical (unpaired) electrons. The molecule has 6 rings (SSSR count). The maximum absolute atomic E-state index is 13.9. The molecule has 4 aromatic heterocycles. The van der Waals surface area contributed by atoms with Crippen LogP contribution in [0.2, 0.25) is 0 Å². The van der Waals surface area contributed by atoms with Gasteiger partial charge in [-0.1, -0.05) is 6.07 Å². The molecule has 0 aliphatic carbocycles. The first-order valence-corrected chi connectivity index (χ1v) is 11.3. The molecule has 1 aliphatic rings. The van der Waals surface area contributed by atoms with Crippen molar-refractivity contribution in [2.24, 2.45) is 0 Å².